The zero-order valence-electron chi connectivity index (χ0n) is 12.7. The fourth-order valence-corrected chi connectivity index (χ4v) is 2.34. The molecule has 0 spiro atoms. The summed E-state index contributed by atoms with van der Waals surface area (Å²) < 4.78 is 14.6. The van der Waals surface area contributed by atoms with Gasteiger partial charge in [0.2, 0.25) is 0 Å². The molecule has 5 heteroatoms. The zero-order chi connectivity index (χ0) is 16.2. The summed E-state index contributed by atoms with van der Waals surface area (Å²) in [6, 6.07) is 15.7. The van der Waals surface area contributed by atoms with E-state index in [0.29, 0.717) is 12.1 Å². The molecule has 0 bridgehead atoms. The van der Waals surface area contributed by atoms with Crippen molar-refractivity contribution in [3.8, 4) is 5.69 Å². The van der Waals surface area contributed by atoms with Crippen LogP contribution < -0.4 is 5.32 Å². The largest absolute Gasteiger partial charge is 0.348 e. The SMILES string of the molecule is Cc1c(C(=O)NCc2ccc(F)cc2)cnn1-c1ccccc1. The maximum atomic E-state index is 12.9. The average molecular weight is 309 g/mol. The summed E-state index contributed by atoms with van der Waals surface area (Å²) in [5.74, 6) is -0.492. The molecule has 0 saturated heterocycles. The number of hydrogen-bond acceptors (Lipinski definition) is 2. The number of halogens is 1. The van der Waals surface area contributed by atoms with E-state index in [0.717, 1.165) is 16.9 Å². The third kappa shape index (κ3) is 3.29. The normalized spacial score (nSPS) is 10.5. The Morgan fingerprint density at radius 3 is 2.52 bits per heavy atom. The third-order valence-electron chi connectivity index (χ3n) is 3.62. The Kier molecular flexibility index (Phi) is 4.19. The molecular formula is C18H16FN3O. The van der Waals surface area contributed by atoms with E-state index in [9.17, 15) is 9.18 Å². The molecule has 0 aliphatic carbocycles. The monoisotopic (exact) mass is 309 g/mol. The summed E-state index contributed by atoms with van der Waals surface area (Å²) in [5.41, 5.74) is 3.04. The smallest absolute Gasteiger partial charge is 0.255 e. The van der Waals surface area contributed by atoms with E-state index in [4.69, 9.17) is 0 Å². The lowest BCUT2D eigenvalue weighted by Gasteiger charge is -2.07. The van der Waals surface area contributed by atoms with Crippen molar-refractivity contribution in [2.45, 2.75) is 13.5 Å². The van der Waals surface area contributed by atoms with Gasteiger partial charge in [-0.1, -0.05) is 30.3 Å². The van der Waals surface area contributed by atoms with Gasteiger partial charge in [-0.05, 0) is 36.8 Å². The van der Waals surface area contributed by atoms with E-state index < -0.39 is 0 Å². The highest BCUT2D eigenvalue weighted by atomic mass is 19.1. The molecule has 0 saturated carbocycles. The Bertz CT molecular complexity index is 810. The number of rotatable bonds is 4. The maximum Gasteiger partial charge on any atom is 0.255 e. The van der Waals surface area contributed by atoms with Crippen LogP contribution in [0, 0.1) is 12.7 Å². The highest BCUT2D eigenvalue weighted by molar-refractivity contribution is 5.95. The first-order valence-corrected chi connectivity index (χ1v) is 7.28. The maximum absolute atomic E-state index is 12.9. The molecule has 0 radical (unpaired) electrons. The summed E-state index contributed by atoms with van der Waals surface area (Å²) in [6.07, 6.45) is 1.56. The summed E-state index contributed by atoms with van der Waals surface area (Å²) in [6.45, 7) is 2.20. The van der Waals surface area contributed by atoms with Crippen LogP contribution in [-0.4, -0.2) is 15.7 Å². The molecule has 1 N–H and O–H groups in total. The summed E-state index contributed by atoms with van der Waals surface area (Å²) >= 11 is 0. The van der Waals surface area contributed by atoms with Gasteiger partial charge < -0.3 is 5.32 Å². The molecule has 0 aliphatic rings. The lowest BCUT2D eigenvalue weighted by molar-refractivity contribution is 0.0950. The van der Waals surface area contributed by atoms with Gasteiger partial charge >= 0.3 is 0 Å². The van der Waals surface area contributed by atoms with Crippen LogP contribution in [0.25, 0.3) is 5.69 Å². The second-order valence-electron chi connectivity index (χ2n) is 5.20. The molecule has 3 rings (SSSR count). The van der Waals surface area contributed by atoms with Gasteiger partial charge in [-0.15, -0.1) is 0 Å². The van der Waals surface area contributed by atoms with Crippen molar-refractivity contribution >= 4 is 5.91 Å². The third-order valence-corrected chi connectivity index (χ3v) is 3.62. The number of carbonyl (C=O) groups is 1. The van der Waals surface area contributed by atoms with Gasteiger partial charge in [-0.25, -0.2) is 9.07 Å². The molecule has 4 nitrogen and oxygen atoms in total. The lowest BCUT2D eigenvalue weighted by atomic mass is 10.2. The number of para-hydroxylation sites is 1. The molecule has 116 valence electrons. The highest BCUT2D eigenvalue weighted by Crippen LogP contribution is 2.14. The predicted molar refractivity (Wildman–Crippen MR) is 85.9 cm³/mol. The first-order valence-electron chi connectivity index (χ1n) is 7.28. The van der Waals surface area contributed by atoms with Crippen LogP contribution in [0.5, 0.6) is 0 Å². The molecule has 1 aromatic heterocycles. The zero-order valence-corrected chi connectivity index (χ0v) is 12.7. The fraction of sp³-hybridized carbons (Fsp3) is 0.111. The van der Waals surface area contributed by atoms with Crippen molar-refractivity contribution < 1.29 is 9.18 Å². The van der Waals surface area contributed by atoms with Crippen LogP contribution in [-0.2, 0) is 6.54 Å². The summed E-state index contributed by atoms with van der Waals surface area (Å²) in [7, 11) is 0. The number of nitrogens with zero attached hydrogens (tertiary/aromatic N) is 2. The average Bonchev–Trinajstić information content (AvgIpc) is 2.96. The quantitative estimate of drug-likeness (QED) is 0.804. The first kappa shape index (κ1) is 15.0. The van der Waals surface area contributed by atoms with Crippen LogP contribution in [0.4, 0.5) is 4.39 Å². The molecule has 23 heavy (non-hydrogen) atoms. The molecule has 0 aliphatic heterocycles. The Balaban J connectivity index is 1.73. The molecule has 1 amide bonds. The molecule has 0 atom stereocenters. The van der Waals surface area contributed by atoms with Crippen LogP contribution >= 0.6 is 0 Å². The second kappa shape index (κ2) is 6.44. The first-order chi connectivity index (χ1) is 11.1. The Hall–Kier alpha value is -2.95. The van der Waals surface area contributed by atoms with Crippen LogP contribution in [0.2, 0.25) is 0 Å². The van der Waals surface area contributed by atoms with E-state index in [1.165, 1.54) is 12.1 Å². The minimum absolute atomic E-state index is 0.200. The molecule has 2 aromatic carbocycles. The van der Waals surface area contributed by atoms with E-state index in [1.54, 1.807) is 23.0 Å². The van der Waals surface area contributed by atoms with Gasteiger partial charge in [0.05, 0.1) is 23.1 Å². The van der Waals surface area contributed by atoms with Crippen molar-refractivity contribution in [3.63, 3.8) is 0 Å². The van der Waals surface area contributed by atoms with Gasteiger partial charge in [0.25, 0.3) is 5.91 Å². The molecule has 0 unspecified atom stereocenters. The molecule has 1 heterocycles. The summed E-state index contributed by atoms with van der Waals surface area (Å²) in [4.78, 5) is 12.3. The van der Waals surface area contributed by atoms with Gasteiger partial charge in [0.15, 0.2) is 0 Å². The van der Waals surface area contributed by atoms with Gasteiger partial charge in [-0.3, -0.25) is 4.79 Å². The Labute approximate surface area is 133 Å². The van der Waals surface area contributed by atoms with E-state index in [2.05, 4.69) is 10.4 Å². The van der Waals surface area contributed by atoms with E-state index >= 15 is 0 Å². The standard InChI is InChI=1S/C18H16FN3O/c1-13-17(12-21-22(13)16-5-3-2-4-6-16)18(23)20-11-14-7-9-15(19)10-8-14/h2-10,12H,11H2,1H3,(H,20,23). The summed E-state index contributed by atoms with van der Waals surface area (Å²) in [5, 5.41) is 7.11. The predicted octanol–water partition coefficient (Wildman–Crippen LogP) is 3.25. The van der Waals surface area contributed by atoms with Gasteiger partial charge in [0.1, 0.15) is 5.82 Å². The van der Waals surface area contributed by atoms with E-state index in [1.807, 2.05) is 37.3 Å². The lowest BCUT2D eigenvalue weighted by Crippen LogP contribution is -2.23. The van der Waals surface area contributed by atoms with Crippen LogP contribution in [0.1, 0.15) is 21.6 Å². The fourth-order valence-electron chi connectivity index (χ4n) is 2.34. The van der Waals surface area contributed by atoms with Gasteiger partial charge in [0, 0.05) is 6.54 Å². The molecule has 3 aromatic rings. The molecule has 0 fully saturated rings. The minimum atomic E-state index is -0.292. The molecular weight excluding hydrogens is 293 g/mol. The number of nitrogens with one attached hydrogen (secondary N) is 1. The number of benzene rings is 2. The van der Waals surface area contributed by atoms with Crippen LogP contribution in [0.3, 0.4) is 0 Å². The van der Waals surface area contributed by atoms with Crippen molar-refractivity contribution in [2.75, 3.05) is 0 Å². The van der Waals surface area contributed by atoms with E-state index in [-0.39, 0.29) is 11.7 Å². The van der Waals surface area contributed by atoms with Crippen molar-refractivity contribution in [3.05, 3.63) is 83.4 Å². The number of carbonyl (C=O) groups excluding carboxylic acids is 1. The number of amides is 1. The second-order valence-corrected chi connectivity index (χ2v) is 5.20. The van der Waals surface area contributed by atoms with Crippen molar-refractivity contribution in [1.29, 1.82) is 0 Å². The Morgan fingerprint density at radius 2 is 1.83 bits per heavy atom. The van der Waals surface area contributed by atoms with Crippen molar-refractivity contribution in [2.24, 2.45) is 0 Å². The van der Waals surface area contributed by atoms with Crippen LogP contribution in [0.15, 0.2) is 60.8 Å². The number of aromatic nitrogens is 2. The van der Waals surface area contributed by atoms with Crippen molar-refractivity contribution in [1.82, 2.24) is 15.1 Å². The number of hydrogen-bond donors (Lipinski definition) is 1. The topological polar surface area (TPSA) is 46.9 Å². The highest BCUT2D eigenvalue weighted by Gasteiger charge is 2.14. The van der Waals surface area contributed by atoms with Gasteiger partial charge in [-0.2, -0.15) is 5.10 Å². The Morgan fingerprint density at radius 1 is 1.13 bits per heavy atom. The minimum Gasteiger partial charge on any atom is -0.348 e.